The quantitative estimate of drug-likeness (QED) is 0.157. The number of carbonyl (C=O) groups excluding carboxylic acids is 4. The number of ketones is 1. The lowest BCUT2D eigenvalue weighted by Crippen LogP contribution is -2.49. The fraction of sp³-hybridized carbons (Fsp3) is 0.433. The van der Waals surface area contributed by atoms with Gasteiger partial charge in [0.25, 0.3) is 11.7 Å². The van der Waals surface area contributed by atoms with Crippen LogP contribution in [0.2, 0.25) is 0 Å². The molecule has 0 spiro atoms. The van der Waals surface area contributed by atoms with Crippen molar-refractivity contribution >= 4 is 35.3 Å². The van der Waals surface area contributed by atoms with Crippen molar-refractivity contribution in [2.75, 3.05) is 50.7 Å². The smallest absolute Gasteiger partial charge is 0.414 e. The third kappa shape index (κ3) is 8.45. The predicted molar refractivity (Wildman–Crippen MR) is 153 cm³/mol. The molecule has 4 rings (SSSR count). The molecule has 11 nitrogen and oxygen atoms in total. The highest BCUT2D eigenvalue weighted by atomic mass is 16.6. The maximum atomic E-state index is 12.6. The molecule has 11 heteroatoms. The molecule has 0 radical (unpaired) electrons. The fourth-order valence-electron chi connectivity index (χ4n) is 4.72. The van der Waals surface area contributed by atoms with E-state index in [4.69, 9.17) is 14.9 Å². The van der Waals surface area contributed by atoms with Crippen LogP contribution in [-0.4, -0.2) is 96.9 Å². The summed E-state index contributed by atoms with van der Waals surface area (Å²) in [5.74, 6) is -2.01. The van der Waals surface area contributed by atoms with E-state index in [0.29, 0.717) is 37.3 Å². The van der Waals surface area contributed by atoms with E-state index >= 15 is 0 Å². The van der Waals surface area contributed by atoms with E-state index in [9.17, 15) is 19.2 Å². The molecule has 2 saturated heterocycles. The van der Waals surface area contributed by atoms with Gasteiger partial charge in [0.05, 0.1) is 13.0 Å². The summed E-state index contributed by atoms with van der Waals surface area (Å²) in [5.41, 5.74) is 0.787. The van der Waals surface area contributed by atoms with Crippen molar-refractivity contribution in [3.63, 3.8) is 0 Å². The van der Waals surface area contributed by atoms with Crippen LogP contribution in [0.4, 0.5) is 10.5 Å². The molecule has 2 N–H and O–H groups in total. The number of anilines is 1. The highest BCUT2D eigenvalue weighted by Crippen LogP contribution is 2.23. The number of nitrogens with one attached hydrogen (secondary N) is 2. The molecular formula is C30H37N5O6. The zero-order valence-corrected chi connectivity index (χ0v) is 23.7. The van der Waals surface area contributed by atoms with Crippen molar-refractivity contribution in [2.45, 2.75) is 38.9 Å². The Labute approximate surface area is 239 Å². The molecule has 0 bridgehead atoms. The number of ether oxygens (including phenoxy) is 2. The number of esters is 1. The number of hydrogen-bond donors (Lipinski definition) is 2. The standard InChI is InChI=1S/C30H37N5O6/c1-30(2,3)41-25(36)13-14-33-15-17-34(18-16-33)19-24-20-35(29(39)40-24)23-11-9-22(10-12-23)27(31)32-28(38)26(37)21-7-5-4-6-8-21/h4-12,24H,13-20H2,1-3H3,(H2,31,32,38)/t24-/m0/s1. The number of rotatable bonds is 9. The molecule has 218 valence electrons. The number of piperazine rings is 1. The summed E-state index contributed by atoms with van der Waals surface area (Å²) in [5, 5.41) is 10.5. The van der Waals surface area contributed by atoms with Crippen molar-refractivity contribution in [2.24, 2.45) is 0 Å². The van der Waals surface area contributed by atoms with Crippen molar-refractivity contribution in [1.82, 2.24) is 15.1 Å². The first kappa shape index (κ1) is 29.9. The summed E-state index contributed by atoms with van der Waals surface area (Å²) in [7, 11) is 0. The van der Waals surface area contributed by atoms with Crippen LogP contribution in [0.5, 0.6) is 0 Å². The van der Waals surface area contributed by atoms with Crippen molar-refractivity contribution in [3.8, 4) is 0 Å². The molecule has 2 aromatic rings. The first-order chi connectivity index (χ1) is 19.5. The monoisotopic (exact) mass is 563 g/mol. The van der Waals surface area contributed by atoms with E-state index in [0.717, 1.165) is 26.2 Å². The second-order valence-electron chi connectivity index (χ2n) is 11.2. The maximum absolute atomic E-state index is 12.6. The summed E-state index contributed by atoms with van der Waals surface area (Å²) in [6, 6.07) is 14.7. The zero-order chi connectivity index (χ0) is 29.6. The average Bonchev–Trinajstić information content (AvgIpc) is 3.31. The maximum Gasteiger partial charge on any atom is 0.414 e. The topological polar surface area (TPSA) is 132 Å². The number of amidine groups is 1. The molecule has 0 aromatic heterocycles. The van der Waals surface area contributed by atoms with Gasteiger partial charge in [0, 0.05) is 56.1 Å². The highest BCUT2D eigenvalue weighted by molar-refractivity contribution is 6.45. The fourth-order valence-corrected chi connectivity index (χ4v) is 4.72. The molecule has 2 aromatic carbocycles. The van der Waals surface area contributed by atoms with E-state index in [-0.39, 0.29) is 23.5 Å². The van der Waals surface area contributed by atoms with E-state index in [2.05, 4.69) is 15.1 Å². The molecule has 2 heterocycles. The van der Waals surface area contributed by atoms with E-state index in [1.54, 1.807) is 47.4 Å². The van der Waals surface area contributed by atoms with Gasteiger partial charge in [-0.05, 0) is 45.0 Å². The van der Waals surface area contributed by atoms with Crippen molar-refractivity contribution in [3.05, 3.63) is 65.7 Å². The van der Waals surface area contributed by atoms with Crippen molar-refractivity contribution < 1.29 is 28.7 Å². The molecule has 2 fully saturated rings. The largest absolute Gasteiger partial charge is 0.460 e. The second-order valence-corrected chi connectivity index (χ2v) is 11.2. The molecule has 0 unspecified atom stereocenters. The summed E-state index contributed by atoms with van der Waals surface area (Å²) >= 11 is 0. The summed E-state index contributed by atoms with van der Waals surface area (Å²) in [6.07, 6.45) is -0.351. The Morgan fingerprint density at radius 3 is 2.22 bits per heavy atom. The Morgan fingerprint density at radius 2 is 1.59 bits per heavy atom. The predicted octanol–water partition coefficient (Wildman–Crippen LogP) is 2.69. The SMILES string of the molecule is CC(C)(C)OC(=O)CCN1CCN(C[C@H]2CN(c3ccc(C(=N)NC(=O)C(=O)c4ccccc4)cc3)C(=O)O2)CC1. The van der Waals surface area contributed by atoms with Crippen LogP contribution in [0.1, 0.15) is 43.1 Å². The number of amides is 2. The first-order valence-electron chi connectivity index (χ1n) is 13.7. The minimum atomic E-state index is -0.889. The normalized spacial score (nSPS) is 18.1. The van der Waals surface area contributed by atoms with Crippen LogP contribution in [0.25, 0.3) is 0 Å². The van der Waals surface area contributed by atoms with Gasteiger partial charge in [-0.3, -0.25) is 29.6 Å². The van der Waals surface area contributed by atoms with Crippen LogP contribution in [0.15, 0.2) is 54.6 Å². The average molecular weight is 564 g/mol. The number of carbonyl (C=O) groups is 4. The Bertz CT molecular complexity index is 1270. The molecule has 41 heavy (non-hydrogen) atoms. The number of benzene rings is 2. The lowest BCUT2D eigenvalue weighted by molar-refractivity contribution is -0.155. The molecule has 1 atom stereocenters. The van der Waals surface area contributed by atoms with Gasteiger partial charge in [-0.1, -0.05) is 30.3 Å². The number of cyclic esters (lactones) is 1. The van der Waals surface area contributed by atoms with Gasteiger partial charge in [0.15, 0.2) is 0 Å². The summed E-state index contributed by atoms with van der Waals surface area (Å²) in [6.45, 7) is 10.6. The van der Waals surface area contributed by atoms with Gasteiger partial charge < -0.3 is 19.7 Å². The minimum Gasteiger partial charge on any atom is -0.460 e. The highest BCUT2D eigenvalue weighted by Gasteiger charge is 2.34. The zero-order valence-electron chi connectivity index (χ0n) is 23.7. The Hall–Kier alpha value is -4.09. The minimum absolute atomic E-state index is 0.189. The first-order valence-corrected chi connectivity index (χ1v) is 13.7. The van der Waals surface area contributed by atoms with E-state index < -0.39 is 23.4 Å². The van der Waals surface area contributed by atoms with Crippen LogP contribution in [0, 0.1) is 5.41 Å². The molecule has 0 saturated carbocycles. The Kier molecular flexibility index (Phi) is 9.51. The van der Waals surface area contributed by atoms with Gasteiger partial charge in [-0.25, -0.2) is 4.79 Å². The molecule has 0 aliphatic carbocycles. The second kappa shape index (κ2) is 13.0. The third-order valence-corrected chi connectivity index (χ3v) is 6.80. The van der Waals surface area contributed by atoms with Gasteiger partial charge >= 0.3 is 12.1 Å². The van der Waals surface area contributed by atoms with Gasteiger partial charge in [0.2, 0.25) is 0 Å². The van der Waals surface area contributed by atoms with Crippen molar-refractivity contribution in [1.29, 1.82) is 5.41 Å². The number of nitrogens with zero attached hydrogens (tertiary/aromatic N) is 3. The lowest BCUT2D eigenvalue weighted by Gasteiger charge is -2.35. The number of hydrogen-bond acceptors (Lipinski definition) is 9. The van der Waals surface area contributed by atoms with Gasteiger partial charge in [0.1, 0.15) is 17.5 Å². The Morgan fingerprint density at radius 1 is 0.951 bits per heavy atom. The molecular weight excluding hydrogens is 526 g/mol. The van der Waals surface area contributed by atoms with E-state index in [1.165, 1.54) is 12.1 Å². The van der Waals surface area contributed by atoms with Crippen LogP contribution >= 0.6 is 0 Å². The molecule has 2 aliphatic heterocycles. The van der Waals surface area contributed by atoms with E-state index in [1.807, 2.05) is 20.8 Å². The summed E-state index contributed by atoms with van der Waals surface area (Å²) < 4.78 is 11.0. The van der Waals surface area contributed by atoms with Crippen LogP contribution in [0.3, 0.4) is 0 Å². The molecule has 2 aliphatic rings. The van der Waals surface area contributed by atoms with Crippen LogP contribution in [-0.2, 0) is 19.1 Å². The number of Topliss-reactive ketones (excluding diaryl/α,β-unsaturated/α-hetero) is 1. The van der Waals surface area contributed by atoms with Crippen LogP contribution < -0.4 is 10.2 Å². The lowest BCUT2D eigenvalue weighted by atomic mass is 10.1. The summed E-state index contributed by atoms with van der Waals surface area (Å²) in [4.78, 5) is 55.2. The van der Waals surface area contributed by atoms with Gasteiger partial charge in [-0.2, -0.15) is 0 Å². The third-order valence-electron chi connectivity index (χ3n) is 6.80. The Balaban J connectivity index is 1.22. The van der Waals surface area contributed by atoms with Gasteiger partial charge in [-0.15, -0.1) is 0 Å². The molecule has 2 amide bonds.